The number of rotatable bonds is 4. The molecule has 1 aliphatic carbocycles. The van der Waals surface area contributed by atoms with Gasteiger partial charge < -0.3 is 10.2 Å². The molecule has 0 radical (unpaired) electrons. The van der Waals surface area contributed by atoms with Gasteiger partial charge in [-0.2, -0.15) is 5.10 Å². The fraction of sp³-hybridized carbons (Fsp3) is 0.375. The van der Waals surface area contributed by atoms with E-state index in [9.17, 15) is 4.79 Å². The molecule has 0 bridgehead atoms. The van der Waals surface area contributed by atoms with Gasteiger partial charge in [0.1, 0.15) is 6.04 Å². The van der Waals surface area contributed by atoms with Crippen molar-refractivity contribution in [3.63, 3.8) is 0 Å². The highest BCUT2D eigenvalue weighted by Gasteiger charge is 2.40. The van der Waals surface area contributed by atoms with E-state index in [1.165, 1.54) is 12.8 Å². The number of para-hydroxylation sites is 2. The molecule has 2 aliphatic rings. The molecule has 2 fully saturated rings. The van der Waals surface area contributed by atoms with Crippen LogP contribution in [0.15, 0.2) is 42.7 Å². The van der Waals surface area contributed by atoms with Crippen molar-refractivity contribution in [2.75, 3.05) is 11.9 Å². The zero-order valence-corrected chi connectivity index (χ0v) is 11.8. The first kappa shape index (κ1) is 12.4. The lowest BCUT2D eigenvalue weighted by Crippen LogP contribution is -2.35. The number of amides is 1. The molecule has 1 saturated heterocycles. The molecule has 5 heteroatoms. The Morgan fingerprint density at radius 2 is 2.00 bits per heavy atom. The predicted molar refractivity (Wildman–Crippen MR) is 80.3 cm³/mol. The second-order valence-electron chi connectivity index (χ2n) is 5.72. The topological polar surface area (TPSA) is 50.2 Å². The highest BCUT2D eigenvalue weighted by molar-refractivity contribution is 5.88. The first-order valence-corrected chi connectivity index (χ1v) is 7.49. The molecule has 1 saturated carbocycles. The zero-order chi connectivity index (χ0) is 14.2. The molecular formula is C16H18N4O. The van der Waals surface area contributed by atoms with Crippen molar-refractivity contribution in [2.24, 2.45) is 0 Å². The van der Waals surface area contributed by atoms with Crippen LogP contribution >= 0.6 is 0 Å². The molecule has 1 aromatic heterocycles. The van der Waals surface area contributed by atoms with Crippen molar-refractivity contribution in [1.82, 2.24) is 14.7 Å². The molecule has 1 aromatic carbocycles. The summed E-state index contributed by atoms with van der Waals surface area (Å²) in [5.41, 5.74) is 1.93. The van der Waals surface area contributed by atoms with Crippen molar-refractivity contribution in [2.45, 2.75) is 31.3 Å². The molecule has 2 heterocycles. The fourth-order valence-electron chi connectivity index (χ4n) is 2.98. The van der Waals surface area contributed by atoms with Crippen LogP contribution in [0.1, 0.15) is 19.3 Å². The second kappa shape index (κ2) is 4.91. The Morgan fingerprint density at radius 3 is 2.76 bits per heavy atom. The maximum absolute atomic E-state index is 12.4. The summed E-state index contributed by atoms with van der Waals surface area (Å²) in [5, 5.41) is 7.68. The molecular weight excluding hydrogens is 264 g/mol. The lowest BCUT2D eigenvalue weighted by Gasteiger charge is -2.18. The fourth-order valence-corrected chi connectivity index (χ4v) is 2.98. The standard InChI is InChI=1S/C16H18N4O/c21-16-14(8-11-19(16)12-6-7-12)18-13-4-1-2-5-15(13)20-10-3-9-17-20/h1-5,9-10,12,14,18H,6-8,11H2/t14-/m1/s1. The summed E-state index contributed by atoms with van der Waals surface area (Å²) in [4.78, 5) is 14.5. The zero-order valence-electron chi connectivity index (χ0n) is 11.8. The molecule has 1 amide bonds. The molecule has 2 aromatic rings. The Balaban J connectivity index is 1.56. The third-order valence-electron chi connectivity index (χ3n) is 4.21. The number of benzene rings is 1. The van der Waals surface area contributed by atoms with E-state index in [1.54, 1.807) is 6.20 Å². The summed E-state index contributed by atoms with van der Waals surface area (Å²) in [5.74, 6) is 0.243. The van der Waals surface area contributed by atoms with Crippen LogP contribution in [0.5, 0.6) is 0 Å². The van der Waals surface area contributed by atoms with E-state index in [-0.39, 0.29) is 11.9 Å². The van der Waals surface area contributed by atoms with Crippen LogP contribution < -0.4 is 5.32 Å². The third-order valence-corrected chi connectivity index (χ3v) is 4.21. The van der Waals surface area contributed by atoms with Crippen LogP contribution in [0, 0.1) is 0 Å². The molecule has 1 atom stereocenters. The van der Waals surface area contributed by atoms with E-state index < -0.39 is 0 Å². The number of anilines is 1. The van der Waals surface area contributed by atoms with Crippen molar-refractivity contribution in [3.05, 3.63) is 42.7 Å². The van der Waals surface area contributed by atoms with Crippen LogP contribution in [0.2, 0.25) is 0 Å². The van der Waals surface area contributed by atoms with Gasteiger partial charge in [0.15, 0.2) is 0 Å². The second-order valence-corrected chi connectivity index (χ2v) is 5.72. The molecule has 4 rings (SSSR count). The minimum atomic E-state index is -0.109. The van der Waals surface area contributed by atoms with Gasteiger partial charge in [-0.3, -0.25) is 4.79 Å². The maximum Gasteiger partial charge on any atom is 0.245 e. The van der Waals surface area contributed by atoms with Crippen LogP contribution in [0.25, 0.3) is 5.69 Å². The van der Waals surface area contributed by atoms with Crippen LogP contribution in [-0.2, 0) is 4.79 Å². The van der Waals surface area contributed by atoms with Crippen molar-refractivity contribution >= 4 is 11.6 Å². The summed E-state index contributed by atoms with van der Waals surface area (Å²) >= 11 is 0. The number of carbonyl (C=O) groups is 1. The number of carbonyl (C=O) groups excluding carboxylic acids is 1. The van der Waals surface area contributed by atoms with E-state index in [1.807, 2.05) is 46.1 Å². The Morgan fingerprint density at radius 1 is 1.14 bits per heavy atom. The first-order valence-electron chi connectivity index (χ1n) is 7.49. The summed E-state index contributed by atoms with van der Waals surface area (Å²) in [6.45, 7) is 0.880. The SMILES string of the molecule is O=C1[C@H](Nc2ccccc2-n2cccn2)CCN1C1CC1. The summed E-state index contributed by atoms with van der Waals surface area (Å²) in [6.07, 6.45) is 6.88. The van der Waals surface area contributed by atoms with Gasteiger partial charge >= 0.3 is 0 Å². The van der Waals surface area contributed by atoms with Crippen LogP contribution in [0.3, 0.4) is 0 Å². The van der Waals surface area contributed by atoms with Gasteiger partial charge in [0.05, 0.1) is 11.4 Å². The lowest BCUT2D eigenvalue weighted by atomic mass is 10.2. The molecule has 1 N–H and O–H groups in total. The maximum atomic E-state index is 12.4. The number of nitrogens with zero attached hydrogens (tertiary/aromatic N) is 3. The summed E-state index contributed by atoms with van der Waals surface area (Å²) in [6, 6.07) is 10.3. The summed E-state index contributed by atoms with van der Waals surface area (Å²) in [7, 11) is 0. The largest absolute Gasteiger partial charge is 0.372 e. The van der Waals surface area contributed by atoms with Gasteiger partial charge in [-0.1, -0.05) is 12.1 Å². The number of likely N-dealkylation sites (tertiary alicyclic amines) is 1. The van der Waals surface area contributed by atoms with Gasteiger partial charge in [0.25, 0.3) is 0 Å². The monoisotopic (exact) mass is 282 g/mol. The van der Waals surface area contributed by atoms with E-state index >= 15 is 0 Å². The molecule has 5 nitrogen and oxygen atoms in total. The van der Waals surface area contributed by atoms with E-state index in [4.69, 9.17) is 0 Å². The Hall–Kier alpha value is -2.30. The van der Waals surface area contributed by atoms with Gasteiger partial charge in [-0.25, -0.2) is 4.68 Å². The number of hydrogen-bond donors (Lipinski definition) is 1. The van der Waals surface area contributed by atoms with Crippen molar-refractivity contribution in [1.29, 1.82) is 0 Å². The lowest BCUT2D eigenvalue weighted by molar-refractivity contribution is -0.128. The smallest absolute Gasteiger partial charge is 0.245 e. The minimum Gasteiger partial charge on any atom is -0.372 e. The molecule has 108 valence electrons. The average Bonchev–Trinajstić information content (AvgIpc) is 3.07. The number of aromatic nitrogens is 2. The van der Waals surface area contributed by atoms with Crippen molar-refractivity contribution in [3.8, 4) is 5.69 Å². The van der Waals surface area contributed by atoms with E-state index in [2.05, 4.69) is 10.4 Å². The molecule has 0 unspecified atom stereocenters. The highest BCUT2D eigenvalue weighted by Crippen LogP contribution is 2.32. The van der Waals surface area contributed by atoms with Crippen LogP contribution in [-0.4, -0.2) is 39.2 Å². The first-order chi connectivity index (χ1) is 10.3. The number of hydrogen-bond acceptors (Lipinski definition) is 3. The van der Waals surface area contributed by atoms with Gasteiger partial charge in [-0.05, 0) is 37.5 Å². The van der Waals surface area contributed by atoms with Gasteiger partial charge in [0, 0.05) is 25.0 Å². The van der Waals surface area contributed by atoms with E-state index in [0.717, 1.165) is 24.3 Å². The van der Waals surface area contributed by atoms with Gasteiger partial charge in [0.2, 0.25) is 5.91 Å². The highest BCUT2D eigenvalue weighted by atomic mass is 16.2. The molecule has 1 aliphatic heterocycles. The van der Waals surface area contributed by atoms with Gasteiger partial charge in [-0.15, -0.1) is 0 Å². The average molecular weight is 282 g/mol. The summed E-state index contributed by atoms with van der Waals surface area (Å²) < 4.78 is 1.82. The molecule has 0 spiro atoms. The van der Waals surface area contributed by atoms with Crippen LogP contribution in [0.4, 0.5) is 5.69 Å². The number of nitrogens with one attached hydrogen (secondary N) is 1. The Labute approximate surface area is 123 Å². The van der Waals surface area contributed by atoms with E-state index in [0.29, 0.717) is 6.04 Å². The third kappa shape index (κ3) is 2.28. The van der Waals surface area contributed by atoms with Crippen molar-refractivity contribution < 1.29 is 4.79 Å². The predicted octanol–water partition coefficient (Wildman–Crippen LogP) is 2.05. The minimum absolute atomic E-state index is 0.109. The normalized spacial score (nSPS) is 21.8. The Bertz CT molecular complexity index is 648. The Kier molecular flexibility index (Phi) is 2.91. The quantitative estimate of drug-likeness (QED) is 0.933. The molecule has 21 heavy (non-hydrogen) atoms.